The number of anilines is 1. The minimum Gasteiger partial charge on any atom is -0.336 e. The maximum atomic E-state index is 14.2. The van der Waals surface area contributed by atoms with Gasteiger partial charge in [0.15, 0.2) is 0 Å². The van der Waals surface area contributed by atoms with E-state index in [2.05, 4.69) is 10.6 Å². The number of halogens is 1. The SMILES string of the molecule is CC(C)NC(=O)N1CCN2C(=O)c3cc(-c4ccccc4F)ccc3NC(=O)[C@H]2C1. The fourth-order valence-electron chi connectivity index (χ4n) is 3.84. The normalized spacial score (nSPS) is 18.5. The number of hydrogen-bond acceptors (Lipinski definition) is 3. The monoisotopic (exact) mass is 410 g/mol. The number of piperazine rings is 1. The molecule has 156 valence electrons. The first-order valence-electron chi connectivity index (χ1n) is 9.91. The number of carbonyl (C=O) groups is 3. The van der Waals surface area contributed by atoms with E-state index in [1.54, 1.807) is 41.3 Å². The van der Waals surface area contributed by atoms with Gasteiger partial charge < -0.3 is 20.4 Å². The number of rotatable bonds is 2. The molecule has 1 atom stereocenters. The van der Waals surface area contributed by atoms with Crippen LogP contribution in [0.3, 0.4) is 0 Å². The van der Waals surface area contributed by atoms with E-state index in [-0.39, 0.29) is 42.8 Å². The van der Waals surface area contributed by atoms with Crippen LogP contribution >= 0.6 is 0 Å². The topological polar surface area (TPSA) is 81.8 Å². The van der Waals surface area contributed by atoms with Crippen molar-refractivity contribution in [3.8, 4) is 11.1 Å². The molecular formula is C22H23FN4O3. The third-order valence-corrected chi connectivity index (χ3v) is 5.34. The highest BCUT2D eigenvalue weighted by Gasteiger charge is 2.40. The predicted molar refractivity (Wildman–Crippen MR) is 111 cm³/mol. The maximum Gasteiger partial charge on any atom is 0.317 e. The van der Waals surface area contributed by atoms with Crippen LogP contribution in [-0.2, 0) is 4.79 Å². The molecule has 2 aliphatic rings. The molecule has 2 N–H and O–H groups in total. The van der Waals surface area contributed by atoms with E-state index in [0.717, 1.165) is 0 Å². The van der Waals surface area contributed by atoms with Gasteiger partial charge in [-0.15, -0.1) is 0 Å². The zero-order valence-electron chi connectivity index (χ0n) is 16.8. The van der Waals surface area contributed by atoms with Crippen molar-refractivity contribution in [2.24, 2.45) is 0 Å². The van der Waals surface area contributed by atoms with Gasteiger partial charge in [0.05, 0.1) is 17.8 Å². The van der Waals surface area contributed by atoms with E-state index in [0.29, 0.717) is 28.9 Å². The van der Waals surface area contributed by atoms with Crippen molar-refractivity contribution in [2.45, 2.75) is 25.9 Å². The first kappa shape index (κ1) is 19.9. The molecule has 2 aliphatic heterocycles. The van der Waals surface area contributed by atoms with E-state index in [1.807, 2.05) is 13.8 Å². The molecule has 0 aliphatic carbocycles. The van der Waals surface area contributed by atoms with Crippen molar-refractivity contribution in [3.63, 3.8) is 0 Å². The van der Waals surface area contributed by atoms with Gasteiger partial charge in [-0.1, -0.05) is 24.3 Å². The highest BCUT2D eigenvalue weighted by atomic mass is 19.1. The predicted octanol–water partition coefficient (Wildman–Crippen LogP) is 2.69. The third-order valence-electron chi connectivity index (χ3n) is 5.34. The molecule has 0 radical (unpaired) electrons. The zero-order valence-corrected chi connectivity index (χ0v) is 16.8. The third kappa shape index (κ3) is 3.60. The average molecular weight is 410 g/mol. The molecule has 0 saturated carbocycles. The van der Waals surface area contributed by atoms with E-state index in [1.165, 1.54) is 11.0 Å². The number of nitrogens with zero attached hydrogens (tertiary/aromatic N) is 2. The molecule has 8 heteroatoms. The molecular weight excluding hydrogens is 387 g/mol. The second kappa shape index (κ2) is 7.78. The summed E-state index contributed by atoms with van der Waals surface area (Å²) in [5, 5.41) is 5.61. The summed E-state index contributed by atoms with van der Waals surface area (Å²) in [4.78, 5) is 41.5. The van der Waals surface area contributed by atoms with E-state index in [4.69, 9.17) is 0 Å². The van der Waals surface area contributed by atoms with Crippen LogP contribution in [0.4, 0.5) is 14.9 Å². The number of nitrogens with one attached hydrogen (secondary N) is 2. The molecule has 1 saturated heterocycles. The fraction of sp³-hybridized carbons (Fsp3) is 0.318. The lowest BCUT2D eigenvalue weighted by molar-refractivity contribution is -0.121. The number of hydrogen-bond donors (Lipinski definition) is 2. The van der Waals surface area contributed by atoms with Crippen LogP contribution in [-0.4, -0.2) is 59.4 Å². The number of urea groups is 1. The lowest BCUT2D eigenvalue weighted by Crippen LogP contribution is -2.61. The van der Waals surface area contributed by atoms with Crippen LogP contribution in [0.1, 0.15) is 24.2 Å². The van der Waals surface area contributed by atoms with E-state index in [9.17, 15) is 18.8 Å². The van der Waals surface area contributed by atoms with Crippen LogP contribution in [0, 0.1) is 5.82 Å². The van der Waals surface area contributed by atoms with Gasteiger partial charge in [-0.25, -0.2) is 9.18 Å². The van der Waals surface area contributed by atoms with Gasteiger partial charge in [-0.3, -0.25) is 9.59 Å². The Hall–Kier alpha value is -3.42. The van der Waals surface area contributed by atoms with Gasteiger partial charge in [0.1, 0.15) is 11.9 Å². The van der Waals surface area contributed by atoms with Gasteiger partial charge >= 0.3 is 6.03 Å². The highest BCUT2D eigenvalue weighted by Crippen LogP contribution is 2.31. The van der Waals surface area contributed by atoms with Crippen LogP contribution < -0.4 is 10.6 Å². The Morgan fingerprint density at radius 3 is 2.63 bits per heavy atom. The highest BCUT2D eigenvalue weighted by molar-refractivity contribution is 6.10. The summed E-state index contributed by atoms with van der Waals surface area (Å²) < 4.78 is 14.2. The van der Waals surface area contributed by atoms with Crippen molar-refractivity contribution >= 4 is 23.5 Å². The van der Waals surface area contributed by atoms with E-state index >= 15 is 0 Å². The minimum atomic E-state index is -0.784. The lowest BCUT2D eigenvalue weighted by Gasteiger charge is -2.39. The molecule has 0 unspecified atom stereocenters. The largest absolute Gasteiger partial charge is 0.336 e. The number of amides is 4. The summed E-state index contributed by atoms with van der Waals surface area (Å²) in [7, 11) is 0. The summed E-state index contributed by atoms with van der Waals surface area (Å²) in [5.74, 6) is -1.04. The fourth-order valence-corrected chi connectivity index (χ4v) is 3.84. The van der Waals surface area contributed by atoms with Crippen LogP contribution in [0.2, 0.25) is 0 Å². The molecule has 30 heavy (non-hydrogen) atoms. The van der Waals surface area contributed by atoms with Crippen molar-refractivity contribution < 1.29 is 18.8 Å². The maximum absolute atomic E-state index is 14.2. The molecule has 0 bridgehead atoms. The van der Waals surface area contributed by atoms with Crippen LogP contribution in [0.25, 0.3) is 11.1 Å². The zero-order chi connectivity index (χ0) is 21.4. The number of fused-ring (bicyclic) bond motifs is 2. The Balaban J connectivity index is 1.64. The molecule has 7 nitrogen and oxygen atoms in total. The summed E-state index contributed by atoms with van der Waals surface area (Å²) in [6, 6.07) is 10.2. The molecule has 2 aromatic rings. The molecule has 2 heterocycles. The summed E-state index contributed by atoms with van der Waals surface area (Å²) in [6.07, 6.45) is 0. The van der Waals surface area contributed by atoms with Gasteiger partial charge in [0, 0.05) is 24.7 Å². The molecule has 4 rings (SSSR count). The van der Waals surface area contributed by atoms with Gasteiger partial charge in [-0.05, 0) is 37.6 Å². The Morgan fingerprint density at radius 1 is 1.13 bits per heavy atom. The Morgan fingerprint density at radius 2 is 1.90 bits per heavy atom. The van der Waals surface area contributed by atoms with Crippen molar-refractivity contribution in [3.05, 3.63) is 53.8 Å². The quantitative estimate of drug-likeness (QED) is 0.799. The van der Waals surface area contributed by atoms with Crippen molar-refractivity contribution in [1.29, 1.82) is 0 Å². The molecule has 0 spiro atoms. The van der Waals surface area contributed by atoms with Crippen LogP contribution in [0.5, 0.6) is 0 Å². The van der Waals surface area contributed by atoms with Crippen molar-refractivity contribution in [1.82, 2.24) is 15.1 Å². The second-order valence-corrected chi connectivity index (χ2v) is 7.79. The first-order valence-corrected chi connectivity index (χ1v) is 9.91. The summed E-state index contributed by atoms with van der Waals surface area (Å²) >= 11 is 0. The summed E-state index contributed by atoms with van der Waals surface area (Å²) in [5.41, 5.74) is 1.64. The molecule has 0 aromatic heterocycles. The number of benzene rings is 2. The minimum absolute atomic E-state index is 0.0267. The number of carbonyl (C=O) groups excluding carboxylic acids is 3. The van der Waals surface area contributed by atoms with E-state index < -0.39 is 6.04 Å². The van der Waals surface area contributed by atoms with Gasteiger partial charge in [-0.2, -0.15) is 0 Å². The second-order valence-electron chi connectivity index (χ2n) is 7.79. The molecule has 4 amide bonds. The van der Waals surface area contributed by atoms with Gasteiger partial charge in [0.2, 0.25) is 5.91 Å². The summed E-state index contributed by atoms with van der Waals surface area (Å²) in [6.45, 7) is 4.41. The van der Waals surface area contributed by atoms with Crippen LogP contribution in [0.15, 0.2) is 42.5 Å². The first-order chi connectivity index (χ1) is 14.3. The smallest absolute Gasteiger partial charge is 0.317 e. The molecule has 2 aromatic carbocycles. The Labute approximate surface area is 173 Å². The standard InChI is InChI=1S/C22H23FN4O3/c1-13(2)24-22(30)26-9-10-27-19(12-26)20(28)25-18-8-7-14(11-16(18)21(27)29)15-5-3-4-6-17(15)23/h3-8,11,13,19H,9-10,12H2,1-2H3,(H,24,30)(H,25,28)/t19-/m1/s1. The van der Waals surface area contributed by atoms with Crippen molar-refractivity contribution in [2.75, 3.05) is 25.0 Å². The Bertz CT molecular complexity index is 1020. The average Bonchev–Trinajstić information content (AvgIpc) is 2.82. The molecule has 1 fully saturated rings. The Kier molecular flexibility index (Phi) is 5.15. The van der Waals surface area contributed by atoms with Gasteiger partial charge in [0.25, 0.3) is 5.91 Å². The lowest BCUT2D eigenvalue weighted by atomic mass is 10.0.